The number of Topliss-reactive ketones (excluding diaryl/α,β-unsaturated/α-hetero) is 1. The van der Waals surface area contributed by atoms with Crippen LogP contribution in [0.25, 0.3) is 21.8 Å². The van der Waals surface area contributed by atoms with Gasteiger partial charge in [0.25, 0.3) is 0 Å². The molecule has 1 fully saturated rings. The standard InChI is InChI=1S/C39H47N5O3/c1-4-47-29-22-18-27(19-23-29)37(46)24-32(33-25-40-34-13-7-5-11-30(33)34)36(45)15-9-10-26-16-20-28(21-17-26)41-39-42-35-14-8-6-12-31(35)38(43-39)44(2)3/h5-8,11-14,18-19,22-23,25-26,28,32,37,40,46H,4,9-10,15-17,20-21,24H2,1-3H3,(H,41,42,43). The molecule has 0 aliphatic heterocycles. The molecule has 2 heterocycles. The van der Waals surface area contributed by atoms with Gasteiger partial charge in [-0.05, 0) is 92.8 Å². The number of carbonyl (C=O) groups excluding carboxylic acids is 1. The highest BCUT2D eigenvalue weighted by atomic mass is 16.5. The summed E-state index contributed by atoms with van der Waals surface area (Å²) in [7, 11) is 4.03. The second-order valence-electron chi connectivity index (χ2n) is 13.1. The molecular weight excluding hydrogens is 586 g/mol. The molecule has 2 atom stereocenters. The van der Waals surface area contributed by atoms with Crippen molar-refractivity contribution >= 4 is 39.4 Å². The largest absolute Gasteiger partial charge is 0.494 e. The van der Waals surface area contributed by atoms with Gasteiger partial charge in [-0.2, -0.15) is 4.98 Å². The molecule has 0 saturated heterocycles. The minimum Gasteiger partial charge on any atom is -0.494 e. The maximum Gasteiger partial charge on any atom is 0.225 e. The lowest BCUT2D eigenvalue weighted by Gasteiger charge is -2.29. The van der Waals surface area contributed by atoms with Crippen molar-refractivity contribution < 1.29 is 14.6 Å². The SMILES string of the molecule is CCOc1ccc(C(O)CC(C(=O)CCCC2CCC(Nc3nc(N(C)C)c4ccccc4n3)CC2)c2c[nH]c3ccccc23)cc1. The van der Waals surface area contributed by atoms with E-state index in [4.69, 9.17) is 14.7 Å². The summed E-state index contributed by atoms with van der Waals surface area (Å²) in [5.41, 5.74) is 3.72. The lowest BCUT2D eigenvalue weighted by atomic mass is 9.81. The number of nitrogens with one attached hydrogen (secondary N) is 2. The Bertz CT molecular complexity index is 1780. The number of ether oxygens (including phenoxy) is 1. The fourth-order valence-corrected chi connectivity index (χ4v) is 7.11. The van der Waals surface area contributed by atoms with Gasteiger partial charge >= 0.3 is 0 Å². The van der Waals surface area contributed by atoms with Crippen LogP contribution in [0.4, 0.5) is 11.8 Å². The number of aliphatic hydroxyl groups is 1. The van der Waals surface area contributed by atoms with E-state index in [0.717, 1.165) is 83.0 Å². The Balaban J connectivity index is 1.05. The highest BCUT2D eigenvalue weighted by Gasteiger charge is 2.28. The number of aromatic nitrogens is 3. The summed E-state index contributed by atoms with van der Waals surface area (Å²) in [6, 6.07) is 24.1. The van der Waals surface area contributed by atoms with Crippen molar-refractivity contribution in [1.82, 2.24) is 15.0 Å². The second kappa shape index (κ2) is 15.0. The number of benzene rings is 3. The first-order valence-corrected chi connectivity index (χ1v) is 17.1. The number of fused-ring (bicyclic) bond motifs is 2. The smallest absolute Gasteiger partial charge is 0.225 e. The summed E-state index contributed by atoms with van der Waals surface area (Å²) in [4.78, 5) is 28.9. The average molecular weight is 634 g/mol. The number of rotatable bonds is 14. The fraction of sp³-hybridized carbons (Fsp3) is 0.410. The number of para-hydroxylation sites is 2. The minimum atomic E-state index is -0.753. The number of nitrogens with zero attached hydrogens (tertiary/aromatic N) is 3. The van der Waals surface area contributed by atoms with E-state index in [0.29, 0.717) is 37.4 Å². The third-order valence-electron chi connectivity index (χ3n) is 9.64. The number of anilines is 2. The van der Waals surface area contributed by atoms with Crippen LogP contribution in [0.1, 0.15) is 81.4 Å². The van der Waals surface area contributed by atoms with Crippen molar-refractivity contribution in [3.05, 3.63) is 90.1 Å². The summed E-state index contributed by atoms with van der Waals surface area (Å²) >= 11 is 0. The Hall–Kier alpha value is -4.43. The fourth-order valence-electron chi connectivity index (χ4n) is 7.11. The van der Waals surface area contributed by atoms with E-state index in [2.05, 4.69) is 22.4 Å². The maximum absolute atomic E-state index is 13.9. The molecule has 246 valence electrons. The molecule has 0 bridgehead atoms. The van der Waals surface area contributed by atoms with Crippen molar-refractivity contribution in [3.63, 3.8) is 0 Å². The van der Waals surface area contributed by atoms with Gasteiger partial charge in [-0.1, -0.05) is 48.9 Å². The molecule has 3 aromatic carbocycles. The average Bonchev–Trinajstić information content (AvgIpc) is 3.52. The van der Waals surface area contributed by atoms with E-state index < -0.39 is 6.10 Å². The number of ketones is 1. The Morgan fingerprint density at radius 3 is 2.45 bits per heavy atom. The molecule has 6 rings (SSSR count). The van der Waals surface area contributed by atoms with Gasteiger partial charge in [-0.25, -0.2) is 4.98 Å². The van der Waals surface area contributed by atoms with Crippen LogP contribution in [0, 0.1) is 5.92 Å². The van der Waals surface area contributed by atoms with Gasteiger partial charge in [0.05, 0.1) is 18.2 Å². The number of aliphatic hydroxyl groups excluding tert-OH is 1. The molecule has 0 spiro atoms. The summed E-state index contributed by atoms with van der Waals surface area (Å²) in [5.74, 6) is 2.81. The normalized spacial score (nSPS) is 17.8. The summed E-state index contributed by atoms with van der Waals surface area (Å²) < 4.78 is 5.57. The molecule has 1 aliphatic rings. The van der Waals surface area contributed by atoms with Crippen LogP contribution in [0.15, 0.2) is 79.0 Å². The predicted molar refractivity (Wildman–Crippen MR) is 190 cm³/mol. The number of H-pyrrole nitrogens is 1. The number of hydrogen-bond acceptors (Lipinski definition) is 7. The molecule has 3 N–H and O–H groups in total. The van der Waals surface area contributed by atoms with Crippen molar-refractivity contribution in [3.8, 4) is 5.75 Å². The third-order valence-corrected chi connectivity index (χ3v) is 9.64. The molecule has 0 radical (unpaired) electrons. The molecular formula is C39H47N5O3. The van der Waals surface area contributed by atoms with Crippen LogP contribution in [0.5, 0.6) is 5.75 Å². The molecule has 0 amide bonds. The molecule has 2 unspecified atom stereocenters. The van der Waals surface area contributed by atoms with Crippen LogP contribution >= 0.6 is 0 Å². The van der Waals surface area contributed by atoms with E-state index in [-0.39, 0.29) is 11.7 Å². The number of aromatic amines is 1. The van der Waals surface area contributed by atoms with Gasteiger partial charge in [0.15, 0.2) is 0 Å². The Morgan fingerprint density at radius 2 is 1.70 bits per heavy atom. The molecule has 8 heteroatoms. The van der Waals surface area contributed by atoms with Crippen molar-refractivity contribution in [2.24, 2.45) is 5.92 Å². The van der Waals surface area contributed by atoms with E-state index >= 15 is 0 Å². The highest BCUT2D eigenvalue weighted by molar-refractivity contribution is 5.93. The Morgan fingerprint density at radius 1 is 0.979 bits per heavy atom. The van der Waals surface area contributed by atoms with E-state index in [1.807, 2.05) is 92.8 Å². The zero-order valence-electron chi connectivity index (χ0n) is 27.8. The summed E-state index contributed by atoms with van der Waals surface area (Å²) in [6.45, 7) is 2.54. The van der Waals surface area contributed by atoms with Gasteiger partial charge in [0, 0.05) is 55.0 Å². The van der Waals surface area contributed by atoms with E-state index in [1.165, 1.54) is 0 Å². The van der Waals surface area contributed by atoms with E-state index in [9.17, 15) is 9.90 Å². The minimum absolute atomic E-state index is 0.195. The molecule has 2 aromatic heterocycles. The summed E-state index contributed by atoms with van der Waals surface area (Å²) in [6.07, 6.45) is 8.34. The monoisotopic (exact) mass is 633 g/mol. The Kier molecular flexibility index (Phi) is 10.4. The van der Waals surface area contributed by atoms with Crippen molar-refractivity contribution in [2.75, 3.05) is 30.9 Å². The van der Waals surface area contributed by atoms with Crippen LogP contribution in [0.2, 0.25) is 0 Å². The highest BCUT2D eigenvalue weighted by Crippen LogP contribution is 2.36. The first-order valence-electron chi connectivity index (χ1n) is 17.1. The maximum atomic E-state index is 13.9. The predicted octanol–water partition coefficient (Wildman–Crippen LogP) is 8.19. The zero-order chi connectivity index (χ0) is 32.8. The lowest BCUT2D eigenvalue weighted by molar-refractivity contribution is -0.121. The van der Waals surface area contributed by atoms with Crippen LogP contribution in [0.3, 0.4) is 0 Å². The van der Waals surface area contributed by atoms with E-state index in [1.54, 1.807) is 0 Å². The summed E-state index contributed by atoms with van der Waals surface area (Å²) in [5, 5.41) is 17.0. The first kappa shape index (κ1) is 32.5. The molecule has 47 heavy (non-hydrogen) atoms. The number of hydrogen-bond donors (Lipinski definition) is 3. The third kappa shape index (κ3) is 7.76. The molecule has 1 saturated carbocycles. The quantitative estimate of drug-likeness (QED) is 0.113. The Labute approximate surface area is 277 Å². The van der Waals surface area contributed by atoms with Gasteiger partial charge in [0.2, 0.25) is 5.95 Å². The molecule has 8 nitrogen and oxygen atoms in total. The van der Waals surface area contributed by atoms with Gasteiger partial charge in [0.1, 0.15) is 17.4 Å². The molecule has 1 aliphatic carbocycles. The van der Waals surface area contributed by atoms with Crippen LogP contribution in [-0.2, 0) is 4.79 Å². The zero-order valence-corrected chi connectivity index (χ0v) is 27.8. The number of carbonyl (C=O) groups is 1. The van der Waals surface area contributed by atoms with Gasteiger partial charge in [-0.3, -0.25) is 4.79 Å². The van der Waals surface area contributed by atoms with Crippen molar-refractivity contribution in [2.45, 2.75) is 76.4 Å². The first-order chi connectivity index (χ1) is 22.9. The van der Waals surface area contributed by atoms with Crippen LogP contribution < -0.4 is 15.0 Å². The topological polar surface area (TPSA) is 103 Å². The van der Waals surface area contributed by atoms with Gasteiger partial charge < -0.3 is 25.0 Å². The van der Waals surface area contributed by atoms with Gasteiger partial charge in [-0.15, -0.1) is 0 Å². The van der Waals surface area contributed by atoms with Crippen LogP contribution in [-0.4, -0.2) is 52.6 Å². The second-order valence-corrected chi connectivity index (χ2v) is 13.1. The lowest BCUT2D eigenvalue weighted by Crippen LogP contribution is -2.27. The van der Waals surface area contributed by atoms with Crippen molar-refractivity contribution in [1.29, 1.82) is 0 Å². The molecule has 5 aromatic rings.